The largest absolute Gasteiger partial charge is 0.388 e. The summed E-state index contributed by atoms with van der Waals surface area (Å²) in [5.74, 6) is 0.369. The first-order valence-electron chi connectivity index (χ1n) is 8.65. The molecule has 7 nitrogen and oxygen atoms in total. The number of hydrazone groups is 1. The monoisotopic (exact) mass is 368 g/mol. The lowest BCUT2D eigenvalue weighted by atomic mass is 10.2. The van der Waals surface area contributed by atoms with Crippen molar-refractivity contribution in [3.8, 4) is 11.4 Å². The first-order valence-corrected chi connectivity index (χ1v) is 8.65. The maximum absolute atomic E-state index is 13.0. The van der Waals surface area contributed by atoms with Gasteiger partial charge in [0.1, 0.15) is 0 Å². The molecule has 0 N–H and O–H groups in total. The van der Waals surface area contributed by atoms with E-state index < -0.39 is 6.03 Å². The molecule has 4 rings (SSSR count). The number of nitrogens with zero attached hydrogens (tertiary/aromatic N) is 6. The molecule has 0 saturated carbocycles. The summed E-state index contributed by atoms with van der Waals surface area (Å²) in [4.78, 5) is 14.0. The van der Waals surface area contributed by atoms with Crippen LogP contribution >= 0.6 is 0 Å². The summed E-state index contributed by atoms with van der Waals surface area (Å²) in [5, 5.41) is 17.7. The fourth-order valence-electron chi connectivity index (χ4n) is 2.54. The Labute approximate surface area is 161 Å². The van der Waals surface area contributed by atoms with Crippen molar-refractivity contribution in [1.82, 2.24) is 20.2 Å². The highest BCUT2D eigenvalue weighted by Gasteiger charge is 2.20. The fourth-order valence-corrected chi connectivity index (χ4v) is 2.54. The molecular formula is C21H16N6O. The average molecular weight is 368 g/mol. The second kappa shape index (κ2) is 8.05. The molecule has 0 bridgehead atoms. The smallest absolute Gasteiger partial charge is 0.242 e. The quantitative estimate of drug-likeness (QED) is 0.405. The Balaban J connectivity index is 1.66. The molecule has 0 spiro atoms. The number of amides is 1. The van der Waals surface area contributed by atoms with Crippen LogP contribution in [0.5, 0.6) is 0 Å². The van der Waals surface area contributed by atoms with Crippen molar-refractivity contribution in [2.45, 2.75) is 0 Å². The lowest BCUT2D eigenvalue weighted by Crippen LogP contribution is -2.32. The van der Waals surface area contributed by atoms with Gasteiger partial charge in [0, 0.05) is 5.56 Å². The molecule has 0 fully saturated rings. The standard InChI is InChI=1S/C21H16N6O/c28-21(27-24-20(23-25-27)18-12-6-2-7-13-18)26(19-14-8-3-9-15-19)22-16-17-10-4-1-5-11-17/h1-16H/b22-16+. The number of anilines is 1. The van der Waals surface area contributed by atoms with Crippen LogP contribution in [0.1, 0.15) is 5.56 Å². The summed E-state index contributed by atoms with van der Waals surface area (Å²) in [6.45, 7) is 0. The molecule has 28 heavy (non-hydrogen) atoms. The van der Waals surface area contributed by atoms with Crippen LogP contribution in [-0.4, -0.2) is 32.5 Å². The lowest BCUT2D eigenvalue weighted by molar-refractivity contribution is 0.241. The lowest BCUT2D eigenvalue weighted by Gasteiger charge is -2.15. The number of carbonyl (C=O) groups is 1. The Morgan fingerprint density at radius 1 is 0.857 bits per heavy atom. The Bertz CT molecular complexity index is 1080. The van der Waals surface area contributed by atoms with Gasteiger partial charge in [-0.05, 0) is 22.9 Å². The van der Waals surface area contributed by atoms with Crippen LogP contribution in [-0.2, 0) is 0 Å². The molecule has 136 valence electrons. The number of carbonyl (C=O) groups excluding carboxylic acids is 1. The number of hydrogen-bond donors (Lipinski definition) is 0. The summed E-state index contributed by atoms with van der Waals surface area (Å²) < 4.78 is 0. The zero-order valence-corrected chi connectivity index (χ0v) is 14.8. The van der Waals surface area contributed by atoms with Crippen LogP contribution in [0.25, 0.3) is 11.4 Å². The normalized spacial score (nSPS) is 10.9. The molecule has 1 aromatic heterocycles. The third kappa shape index (κ3) is 3.83. The van der Waals surface area contributed by atoms with Crippen molar-refractivity contribution >= 4 is 17.9 Å². The number of aromatic nitrogens is 4. The Kier molecular flexibility index (Phi) is 4.97. The number of hydrogen-bond acceptors (Lipinski definition) is 5. The highest BCUT2D eigenvalue weighted by atomic mass is 16.2. The Morgan fingerprint density at radius 3 is 2.14 bits per heavy atom. The maximum Gasteiger partial charge on any atom is 0.388 e. The molecule has 0 saturated heterocycles. The SMILES string of the molecule is O=C(N(/N=C/c1ccccc1)c1ccccc1)n1nnc(-c2ccccc2)n1. The van der Waals surface area contributed by atoms with E-state index in [0.29, 0.717) is 11.5 Å². The van der Waals surface area contributed by atoms with E-state index in [4.69, 9.17) is 0 Å². The average Bonchev–Trinajstić information content (AvgIpc) is 3.26. The third-order valence-electron chi connectivity index (χ3n) is 3.92. The van der Waals surface area contributed by atoms with Crippen LogP contribution in [0, 0.1) is 0 Å². The van der Waals surface area contributed by atoms with E-state index in [9.17, 15) is 4.79 Å². The minimum atomic E-state index is -0.534. The summed E-state index contributed by atoms with van der Waals surface area (Å²) in [6.07, 6.45) is 1.61. The number of tetrazole rings is 1. The van der Waals surface area contributed by atoms with Gasteiger partial charge in [0.05, 0.1) is 11.9 Å². The molecule has 1 heterocycles. The van der Waals surface area contributed by atoms with E-state index in [-0.39, 0.29) is 0 Å². The summed E-state index contributed by atoms with van der Waals surface area (Å²) in [7, 11) is 0. The number of para-hydroxylation sites is 1. The molecule has 0 aliphatic heterocycles. The molecule has 0 atom stereocenters. The molecule has 0 unspecified atom stereocenters. The van der Waals surface area contributed by atoms with Gasteiger partial charge in [-0.15, -0.1) is 10.2 Å². The van der Waals surface area contributed by atoms with Crippen molar-refractivity contribution in [2.24, 2.45) is 5.10 Å². The second-order valence-electron chi connectivity index (χ2n) is 5.85. The van der Waals surface area contributed by atoms with Gasteiger partial charge in [0.15, 0.2) is 0 Å². The van der Waals surface area contributed by atoms with E-state index in [1.165, 1.54) is 5.01 Å². The molecule has 0 aliphatic carbocycles. The van der Waals surface area contributed by atoms with Crippen LogP contribution in [0.15, 0.2) is 96.1 Å². The van der Waals surface area contributed by atoms with Gasteiger partial charge in [0.25, 0.3) is 0 Å². The van der Waals surface area contributed by atoms with Gasteiger partial charge in [0.2, 0.25) is 5.82 Å². The summed E-state index contributed by atoms with van der Waals surface area (Å²) in [6, 6.07) is 27.5. The highest BCUT2D eigenvalue weighted by molar-refractivity contribution is 5.94. The second-order valence-corrected chi connectivity index (χ2v) is 5.85. The minimum absolute atomic E-state index is 0.369. The highest BCUT2D eigenvalue weighted by Crippen LogP contribution is 2.16. The maximum atomic E-state index is 13.0. The number of rotatable bonds is 4. The van der Waals surface area contributed by atoms with Crippen LogP contribution in [0.2, 0.25) is 0 Å². The van der Waals surface area contributed by atoms with E-state index in [0.717, 1.165) is 15.9 Å². The zero-order chi connectivity index (χ0) is 19.2. The fraction of sp³-hybridized carbons (Fsp3) is 0. The summed E-state index contributed by atoms with van der Waals surface area (Å²) in [5.41, 5.74) is 2.24. The van der Waals surface area contributed by atoms with Crippen molar-refractivity contribution in [1.29, 1.82) is 0 Å². The summed E-state index contributed by atoms with van der Waals surface area (Å²) >= 11 is 0. The van der Waals surface area contributed by atoms with E-state index in [2.05, 4.69) is 20.5 Å². The number of benzene rings is 3. The van der Waals surface area contributed by atoms with E-state index in [1.54, 1.807) is 18.3 Å². The van der Waals surface area contributed by atoms with Gasteiger partial charge >= 0.3 is 6.03 Å². The first-order chi connectivity index (χ1) is 13.8. The zero-order valence-electron chi connectivity index (χ0n) is 14.8. The van der Waals surface area contributed by atoms with Crippen molar-refractivity contribution in [3.63, 3.8) is 0 Å². The third-order valence-corrected chi connectivity index (χ3v) is 3.92. The first kappa shape index (κ1) is 17.3. The van der Waals surface area contributed by atoms with Gasteiger partial charge in [-0.3, -0.25) is 0 Å². The van der Waals surface area contributed by atoms with Gasteiger partial charge in [-0.1, -0.05) is 83.7 Å². The van der Waals surface area contributed by atoms with Gasteiger partial charge < -0.3 is 0 Å². The Hall–Kier alpha value is -4.13. The van der Waals surface area contributed by atoms with E-state index in [1.807, 2.05) is 78.9 Å². The van der Waals surface area contributed by atoms with Crippen molar-refractivity contribution in [2.75, 3.05) is 5.01 Å². The van der Waals surface area contributed by atoms with E-state index >= 15 is 0 Å². The molecule has 1 amide bonds. The van der Waals surface area contributed by atoms with Gasteiger partial charge in [-0.2, -0.15) is 10.1 Å². The van der Waals surface area contributed by atoms with Crippen molar-refractivity contribution in [3.05, 3.63) is 96.6 Å². The van der Waals surface area contributed by atoms with Crippen LogP contribution in [0.4, 0.5) is 10.5 Å². The Morgan fingerprint density at radius 2 is 1.46 bits per heavy atom. The molecule has 0 aliphatic rings. The molecule has 0 radical (unpaired) electrons. The topological polar surface area (TPSA) is 76.3 Å². The van der Waals surface area contributed by atoms with Crippen molar-refractivity contribution < 1.29 is 4.79 Å². The molecule has 7 heteroatoms. The molecular weight excluding hydrogens is 352 g/mol. The predicted molar refractivity (Wildman–Crippen MR) is 107 cm³/mol. The molecule has 4 aromatic rings. The van der Waals surface area contributed by atoms with Crippen LogP contribution < -0.4 is 5.01 Å². The van der Waals surface area contributed by atoms with Crippen LogP contribution in [0.3, 0.4) is 0 Å². The minimum Gasteiger partial charge on any atom is -0.242 e. The predicted octanol–water partition coefficient (Wildman–Crippen LogP) is 3.85. The van der Waals surface area contributed by atoms with Gasteiger partial charge in [-0.25, -0.2) is 4.79 Å². The molecule has 3 aromatic carbocycles.